The van der Waals surface area contributed by atoms with Crippen molar-refractivity contribution < 1.29 is 5.11 Å². The van der Waals surface area contributed by atoms with Gasteiger partial charge in [0.05, 0.1) is 0 Å². The van der Waals surface area contributed by atoms with E-state index in [0.717, 1.165) is 66.9 Å². The van der Waals surface area contributed by atoms with E-state index in [-0.39, 0.29) is 6.61 Å². The summed E-state index contributed by atoms with van der Waals surface area (Å²) in [5.41, 5.74) is 1.08. The Morgan fingerprint density at radius 2 is 1.81 bits per heavy atom. The second-order valence-electron chi connectivity index (χ2n) is 4.86. The molecule has 6 heteroatoms. The van der Waals surface area contributed by atoms with Crippen molar-refractivity contribution in [3.05, 3.63) is 11.4 Å². The standard InChI is InChI=1S/C15H28N4OS/c1-4-7-13-18-14(16-5-2)12(3)15(19-13)17-8-11-21-10-6-9-20/h20H,4-11H2,1-3H3,(H2,16,17,18,19). The maximum atomic E-state index is 8.75. The summed E-state index contributed by atoms with van der Waals surface area (Å²) in [6, 6.07) is 0. The van der Waals surface area contributed by atoms with E-state index in [0.29, 0.717) is 0 Å². The maximum absolute atomic E-state index is 8.75. The molecule has 0 saturated carbocycles. The first-order chi connectivity index (χ1) is 10.2. The number of aryl methyl sites for hydroxylation is 1. The van der Waals surface area contributed by atoms with E-state index in [1.807, 2.05) is 11.8 Å². The fourth-order valence-electron chi connectivity index (χ4n) is 1.92. The molecular weight excluding hydrogens is 284 g/mol. The number of aliphatic hydroxyl groups is 1. The average Bonchev–Trinajstić information content (AvgIpc) is 2.47. The summed E-state index contributed by atoms with van der Waals surface area (Å²) in [4.78, 5) is 9.21. The predicted molar refractivity (Wildman–Crippen MR) is 92.4 cm³/mol. The molecule has 0 saturated heterocycles. The van der Waals surface area contributed by atoms with Crippen molar-refractivity contribution in [2.45, 2.75) is 40.0 Å². The second kappa shape index (κ2) is 10.7. The first-order valence-corrected chi connectivity index (χ1v) is 8.92. The van der Waals surface area contributed by atoms with E-state index >= 15 is 0 Å². The van der Waals surface area contributed by atoms with Crippen molar-refractivity contribution in [3.63, 3.8) is 0 Å². The summed E-state index contributed by atoms with van der Waals surface area (Å²) in [5, 5.41) is 15.5. The molecule has 1 aromatic rings. The number of rotatable bonds is 11. The van der Waals surface area contributed by atoms with Gasteiger partial charge in [-0.15, -0.1) is 0 Å². The monoisotopic (exact) mass is 312 g/mol. The van der Waals surface area contributed by atoms with Gasteiger partial charge < -0.3 is 15.7 Å². The first-order valence-electron chi connectivity index (χ1n) is 7.76. The fourth-order valence-corrected chi connectivity index (χ4v) is 2.70. The van der Waals surface area contributed by atoms with Crippen LogP contribution in [0.4, 0.5) is 11.6 Å². The summed E-state index contributed by atoms with van der Waals surface area (Å²) >= 11 is 1.85. The highest BCUT2D eigenvalue weighted by Crippen LogP contribution is 2.20. The topological polar surface area (TPSA) is 70.1 Å². The van der Waals surface area contributed by atoms with Gasteiger partial charge in [0.2, 0.25) is 0 Å². The Morgan fingerprint density at radius 3 is 2.43 bits per heavy atom. The molecule has 0 aliphatic heterocycles. The maximum Gasteiger partial charge on any atom is 0.134 e. The molecule has 0 unspecified atom stereocenters. The molecule has 0 spiro atoms. The quantitative estimate of drug-likeness (QED) is 0.546. The van der Waals surface area contributed by atoms with Gasteiger partial charge in [-0.1, -0.05) is 6.92 Å². The molecule has 5 nitrogen and oxygen atoms in total. The number of thioether (sulfide) groups is 1. The van der Waals surface area contributed by atoms with Crippen LogP contribution in [0.15, 0.2) is 0 Å². The van der Waals surface area contributed by atoms with Gasteiger partial charge >= 0.3 is 0 Å². The molecule has 1 rings (SSSR count). The van der Waals surface area contributed by atoms with Crippen LogP contribution in [0.3, 0.4) is 0 Å². The molecule has 1 heterocycles. The molecule has 0 atom stereocenters. The lowest BCUT2D eigenvalue weighted by Crippen LogP contribution is -2.13. The minimum Gasteiger partial charge on any atom is -0.396 e. The Bertz CT molecular complexity index is 415. The van der Waals surface area contributed by atoms with E-state index in [1.165, 1.54) is 0 Å². The highest BCUT2D eigenvalue weighted by atomic mass is 32.2. The van der Waals surface area contributed by atoms with Crippen LogP contribution in [-0.2, 0) is 6.42 Å². The van der Waals surface area contributed by atoms with E-state index in [4.69, 9.17) is 5.11 Å². The number of nitrogens with zero attached hydrogens (tertiary/aromatic N) is 2. The molecule has 0 amide bonds. The van der Waals surface area contributed by atoms with Crippen LogP contribution in [-0.4, -0.2) is 46.3 Å². The molecule has 0 aromatic carbocycles. The van der Waals surface area contributed by atoms with Gasteiger partial charge in [-0.3, -0.25) is 0 Å². The van der Waals surface area contributed by atoms with Crippen molar-refractivity contribution in [1.29, 1.82) is 0 Å². The van der Waals surface area contributed by atoms with Crippen molar-refractivity contribution in [1.82, 2.24) is 9.97 Å². The van der Waals surface area contributed by atoms with Crippen LogP contribution in [0, 0.1) is 6.92 Å². The van der Waals surface area contributed by atoms with E-state index in [9.17, 15) is 0 Å². The third-order valence-electron chi connectivity index (χ3n) is 3.00. The zero-order chi connectivity index (χ0) is 15.5. The number of hydrogen-bond donors (Lipinski definition) is 3. The molecule has 0 aliphatic carbocycles. The molecule has 1 aromatic heterocycles. The fraction of sp³-hybridized carbons (Fsp3) is 0.733. The zero-order valence-electron chi connectivity index (χ0n) is 13.4. The van der Waals surface area contributed by atoms with Crippen molar-refractivity contribution >= 4 is 23.4 Å². The lowest BCUT2D eigenvalue weighted by atomic mass is 10.2. The van der Waals surface area contributed by atoms with Gasteiger partial charge in [-0.05, 0) is 32.4 Å². The SMILES string of the molecule is CCCc1nc(NCC)c(C)c(NCCSCCCO)n1. The van der Waals surface area contributed by atoms with Crippen molar-refractivity contribution in [2.24, 2.45) is 0 Å². The van der Waals surface area contributed by atoms with Gasteiger partial charge in [-0.2, -0.15) is 11.8 Å². The predicted octanol–water partition coefficient (Wildman–Crippen LogP) is 2.70. The molecule has 21 heavy (non-hydrogen) atoms. The van der Waals surface area contributed by atoms with Crippen LogP contribution in [0.25, 0.3) is 0 Å². The lowest BCUT2D eigenvalue weighted by molar-refractivity contribution is 0.296. The van der Waals surface area contributed by atoms with Crippen LogP contribution in [0.1, 0.15) is 38.1 Å². The van der Waals surface area contributed by atoms with Crippen LogP contribution in [0.2, 0.25) is 0 Å². The second-order valence-corrected chi connectivity index (χ2v) is 6.08. The summed E-state index contributed by atoms with van der Waals surface area (Å²) in [6.07, 6.45) is 2.81. The molecule has 3 N–H and O–H groups in total. The van der Waals surface area contributed by atoms with Crippen LogP contribution < -0.4 is 10.6 Å². The highest BCUT2D eigenvalue weighted by Gasteiger charge is 2.09. The minimum absolute atomic E-state index is 0.276. The van der Waals surface area contributed by atoms with E-state index in [1.54, 1.807) is 0 Å². The third kappa shape index (κ3) is 6.52. The van der Waals surface area contributed by atoms with Crippen LogP contribution >= 0.6 is 11.8 Å². The number of hydrogen-bond acceptors (Lipinski definition) is 6. The Kier molecular flexibility index (Phi) is 9.17. The summed E-state index contributed by atoms with van der Waals surface area (Å²) in [7, 11) is 0. The molecule has 120 valence electrons. The van der Waals surface area contributed by atoms with E-state index < -0.39 is 0 Å². The lowest BCUT2D eigenvalue weighted by Gasteiger charge is -2.14. The van der Waals surface area contributed by atoms with Gasteiger partial charge in [0.1, 0.15) is 17.5 Å². The van der Waals surface area contributed by atoms with Crippen molar-refractivity contribution in [3.8, 4) is 0 Å². The highest BCUT2D eigenvalue weighted by molar-refractivity contribution is 7.99. The molecule has 0 bridgehead atoms. The Labute approximate surface area is 132 Å². The number of aromatic nitrogens is 2. The zero-order valence-corrected chi connectivity index (χ0v) is 14.2. The van der Waals surface area contributed by atoms with Gasteiger partial charge in [0, 0.05) is 37.4 Å². The van der Waals surface area contributed by atoms with E-state index in [2.05, 4.69) is 41.4 Å². The molecule has 0 fully saturated rings. The van der Waals surface area contributed by atoms with Gasteiger partial charge in [0.15, 0.2) is 0 Å². The largest absolute Gasteiger partial charge is 0.396 e. The smallest absolute Gasteiger partial charge is 0.134 e. The molecule has 0 radical (unpaired) electrons. The summed E-state index contributed by atoms with van der Waals surface area (Å²) in [6.45, 7) is 8.28. The van der Waals surface area contributed by atoms with Gasteiger partial charge in [0.25, 0.3) is 0 Å². The normalized spacial score (nSPS) is 10.7. The molecule has 0 aliphatic rings. The summed E-state index contributed by atoms with van der Waals surface area (Å²) < 4.78 is 0. The number of anilines is 2. The molecular formula is C15H28N4OS. The Morgan fingerprint density at radius 1 is 1.10 bits per heavy atom. The number of nitrogens with one attached hydrogen (secondary N) is 2. The number of aliphatic hydroxyl groups excluding tert-OH is 1. The average molecular weight is 312 g/mol. The first kappa shape index (κ1) is 18.0. The Balaban J connectivity index is 2.61. The van der Waals surface area contributed by atoms with Gasteiger partial charge in [-0.25, -0.2) is 9.97 Å². The Hall–Kier alpha value is -1.01. The van der Waals surface area contributed by atoms with Crippen molar-refractivity contribution in [2.75, 3.05) is 41.8 Å². The summed E-state index contributed by atoms with van der Waals surface area (Å²) in [5.74, 6) is 4.79. The minimum atomic E-state index is 0.276. The van der Waals surface area contributed by atoms with Crippen LogP contribution in [0.5, 0.6) is 0 Å². The third-order valence-corrected chi connectivity index (χ3v) is 4.07.